The first-order valence-electron chi connectivity index (χ1n) is 6.57. The van der Waals surface area contributed by atoms with Crippen molar-refractivity contribution in [3.8, 4) is 11.4 Å². The summed E-state index contributed by atoms with van der Waals surface area (Å²) in [6, 6.07) is 8.15. The molecular weight excluding hydrogens is 248 g/mol. The smallest absolute Gasteiger partial charge is 0.163 e. The van der Waals surface area contributed by atoms with E-state index in [9.17, 15) is 0 Å². The second-order valence-corrected chi connectivity index (χ2v) is 4.76. The summed E-state index contributed by atoms with van der Waals surface area (Å²) in [4.78, 5) is 13.5. The molecule has 0 saturated heterocycles. The van der Waals surface area contributed by atoms with Gasteiger partial charge < -0.3 is 5.32 Å². The zero-order chi connectivity index (χ0) is 14.1. The third-order valence-electron chi connectivity index (χ3n) is 3.54. The van der Waals surface area contributed by atoms with E-state index in [1.54, 1.807) is 0 Å². The predicted molar refractivity (Wildman–Crippen MR) is 81.8 cm³/mol. The van der Waals surface area contributed by atoms with Gasteiger partial charge in [-0.1, -0.05) is 24.3 Å². The fraction of sp³-hybridized carbons (Fsp3) is 0.188. The van der Waals surface area contributed by atoms with Crippen LogP contribution in [0.4, 0.5) is 5.82 Å². The van der Waals surface area contributed by atoms with Crippen LogP contribution in [0.3, 0.4) is 0 Å². The zero-order valence-corrected chi connectivity index (χ0v) is 11.8. The van der Waals surface area contributed by atoms with Gasteiger partial charge in [0.1, 0.15) is 5.82 Å². The lowest BCUT2D eigenvalue weighted by molar-refractivity contribution is 1.07. The number of aromatic nitrogens is 3. The SMILES string of the molecule is CNc1nc(-c2cncc3ccccc23)nc(C)c1C. The summed E-state index contributed by atoms with van der Waals surface area (Å²) >= 11 is 0. The Morgan fingerprint density at radius 3 is 2.60 bits per heavy atom. The Morgan fingerprint density at radius 1 is 1.00 bits per heavy atom. The first-order valence-corrected chi connectivity index (χ1v) is 6.57. The highest BCUT2D eigenvalue weighted by molar-refractivity contribution is 5.94. The molecule has 0 amide bonds. The van der Waals surface area contributed by atoms with Crippen LogP contribution >= 0.6 is 0 Å². The van der Waals surface area contributed by atoms with E-state index in [-0.39, 0.29) is 0 Å². The van der Waals surface area contributed by atoms with E-state index in [2.05, 4.69) is 26.3 Å². The Labute approximate surface area is 117 Å². The predicted octanol–water partition coefficient (Wildman–Crippen LogP) is 3.35. The number of fused-ring (bicyclic) bond motifs is 1. The van der Waals surface area contributed by atoms with Crippen molar-refractivity contribution in [3.05, 3.63) is 47.9 Å². The molecule has 4 heteroatoms. The van der Waals surface area contributed by atoms with Crippen molar-refractivity contribution in [3.63, 3.8) is 0 Å². The molecule has 3 aromatic rings. The van der Waals surface area contributed by atoms with Crippen LogP contribution in [0.15, 0.2) is 36.7 Å². The van der Waals surface area contributed by atoms with E-state index in [1.807, 2.05) is 51.5 Å². The van der Waals surface area contributed by atoms with Crippen molar-refractivity contribution in [2.24, 2.45) is 0 Å². The molecule has 2 heterocycles. The zero-order valence-electron chi connectivity index (χ0n) is 11.8. The molecule has 0 atom stereocenters. The lowest BCUT2D eigenvalue weighted by atomic mass is 10.1. The minimum absolute atomic E-state index is 0.710. The highest BCUT2D eigenvalue weighted by Gasteiger charge is 2.11. The van der Waals surface area contributed by atoms with Gasteiger partial charge in [0, 0.05) is 41.6 Å². The van der Waals surface area contributed by atoms with Crippen LogP contribution in [0.2, 0.25) is 0 Å². The van der Waals surface area contributed by atoms with Gasteiger partial charge in [-0.25, -0.2) is 9.97 Å². The molecule has 20 heavy (non-hydrogen) atoms. The second-order valence-electron chi connectivity index (χ2n) is 4.76. The minimum atomic E-state index is 0.710. The molecule has 0 saturated carbocycles. The molecule has 100 valence electrons. The summed E-state index contributed by atoms with van der Waals surface area (Å²) in [5, 5.41) is 5.34. The summed E-state index contributed by atoms with van der Waals surface area (Å²) < 4.78 is 0. The van der Waals surface area contributed by atoms with Gasteiger partial charge in [-0.2, -0.15) is 0 Å². The van der Waals surface area contributed by atoms with E-state index in [4.69, 9.17) is 0 Å². The molecule has 0 fully saturated rings. The van der Waals surface area contributed by atoms with Crippen molar-refractivity contribution in [2.75, 3.05) is 12.4 Å². The molecule has 0 spiro atoms. The van der Waals surface area contributed by atoms with Gasteiger partial charge in [-0.15, -0.1) is 0 Å². The van der Waals surface area contributed by atoms with Gasteiger partial charge in [0.05, 0.1) is 0 Å². The van der Waals surface area contributed by atoms with Crippen molar-refractivity contribution in [1.82, 2.24) is 15.0 Å². The third-order valence-corrected chi connectivity index (χ3v) is 3.54. The van der Waals surface area contributed by atoms with Crippen molar-refractivity contribution < 1.29 is 0 Å². The van der Waals surface area contributed by atoms with Gasteiger partial charge in [0.25, 0.3) is 0 Å². The minimum Gasteiger partial charge on any atom is -0.373 e. The average Bonchev–Trinajstić information content (AvgIpc) is 2.49. The van der Waals surface area contributed by atoms with Crippen LogP contribution in [0, 0.1) is 13.8 Å². The lowest BCUT2D eigenvalue weighted by Crippen LogP contribution is -2.03. The Kier molecular flexibility index (Phi) is 3.06. The van der Waals surface area contributed by atoms with Gasteiger partial charge in [0.15, 0.2) is 5.82 Å². The Balaban J connectivity index is 2.28. The largest absolute Gasteiger partial charge is 0.373 e. The van der Waals surface area contributed by atoms with Gasteiger partial charge in [-0.3, -0.25) is 4.98 Å². The summed E-state index contributed by atoms with van der Waals surface area (Å²) in [6.45, 7) is 4.02. The van der Waals surface area contributed by atoms with Crippen LogP contribution in [-0.2, 0) is 0 Å². The molecule has 0 aliphatic heterocycles. The first-order chi connectivity index (χ1) is 9.70. The molecular formula is C16H16N4. The van der Waals surface area contributed by atoms with Gasteiger partial charge >= 0.3 is 0 Å². The number of benzene rings is 1. The number of nitrogens with zero attached hydrogens (tertiary/aromatic N) is 3. The van der Waals surface area contributed by atoms with Crippen molar-refractivity contribution in [2.45, 2.75) is 13.8 Å². The molecule has 1 aromatic carbocycles. The third kappa shape index (κ3) is 1.99. The van der Waals surface area contributed by atoms with Crippen molar-refractivity contribution >= 4 is 16.6 Å². The normalized spacial score (nSPS) is 10.8. The lowest BCUT2D eigenvalue weighted by Gasteiger charge is -2.11. The Bertz CT molecular complexity index is 775. The summed E-state index contributed by atoms with van der Waals surface area (Å²) in [5.41, 5.74) is 3.01. The second kappa shape index (κ2) is 4.89. The summed E-state index contributed by atoms with van der Waals surface area (Å²) in [6.07, 6.45) is 3.69. The maximum atomic E-state index is 4.61. The number of pyridine rings is 1. The van der Waals surface area contributed by atoms with Crippen molar-refractivity contribution in [1.29, 1.82) is 0 Å². The number of rotatable bonds is 2. The molecule has 0 bridgehead atoms. The molecule has 0 aliphatic carbocycles. The molecule has 0 aliphatic rings. The van der Waals surface area contributed by atoms with Crippen LogP contribution in [0.5, 0.6) is 0 Å². The maximum absolute atomic E-state index is 4.61. The standard InChI is InChI=1S/C16H16N4/c1-10-11(2)19-16(20-15(10)17-3)14-9-18-8-12-6-4-5-7-13(12)14/h4-9H,1-3H3,(H,17,19,20). The van der Waals surface area contributed by atoms with Crippen LogP contribution in [0.1, 0.15) is 11.3 Å². The Hall–Kier alpha value is -2.49. The number of nitrogens with one attached hydrogen (secondary N) is 1. The maximum Gasteiger partial charge on any atom is 0.163 e. The Morgan fingerprint density at radius 2 is 1.80 bits per heavy atom. The number of aryl methyl sites for hydroxylation is 1. The molecule has 0 radical (unpaired) electrons. The summed E-state index contributed by atoms with van der Waals surface area (Å²) in [7, 11) is 1.87. The molecule has 4 nitrogen and oxygen atoms in total. The summed E-state index contributed by atoms with van der Waals surface area (Å²) in [5.74, 6) is 1.57. The van der Waals surface area contributed by atoms with E-state index < -0.39 is 0 Å². The van der Waals surface area contributed by atoms with Crippen LogP contribution < -0.4 is 5.32 Å². The number of hydrogen-bond donors (Lipinski definition) is 1. The van der Waals surface area contributed by atoms with Gasteiger partial charge in [-0.05, 0) is 19.2 Å². The molecule has 0 unspecified atom stereocenters. The molecule has 1 N–H and O–H groups in total. The fourth-order valence-electron chi connectivity index (χ4n) is 2.29. The molecule has 3 rings (SSSR count). The van der Waals surface area contributed by atoms with E-state index in [0.29, 0.717) is 5.82 Å². The van der Waals surface area contributed by atoms with E-state index >= 15 is 0 Å². The first kappa shape index (κ1) is 12.5. The fourth-order valence-corrected chi connectivity index (χ4v) is 2.29. The topological polar surface area (TPSA) is 50.7 Å². The van der Waals surface area contributed by atoms with E-state index in [1.165, 1.54) is 0 Å². The number of anilines is 1. The average molecular weight is 264 g/mol. The monoisotopic (exact) mass is 264 g/mol. The van der Waals surface area contributed by atoms with E-state index in [0.717, 1.165) is 33.4 Å². The quantitative estimate of drug-likeness (QED) is 0.771. The van der Waals surface area contributed by atoms with Crippen LogP contribution in [-0.4, -0.2) is 22.0 Å². The number of hydrogen-bond acceptors (Lipinski definition) is 4. The highest BCUT2D eigenvalue weighted by Crippen LogP contribution is 2.27. The molecule has 2 aromatic heterocycles. The van der Waals surface area contributed by atoms with Crippen LogP contribution in [0.25, 0.3) is 22.2 Å². The highest BCUT2D eigenvalue weighted by atomic mass is 15.0. The van der Waals surface area contributed by atoms with Gasteiger partial charge in [0.2, 0.25) is 0 Å².